The topological polar surface area (TPSA) is 43.9 Å². The van der Waals surface area contributed by atoms with Crippen molar-refractivity contribution in [3.8, 4) is 17.1 Å². The molecule has 0 bridgehead atoms. The molecule has 0 aliphatic rings. The zero-order chi connectivity index (χ0) is 22.0. The van der Waals surface area contributed by atoms with Gasteiger partial charge in [-0.25, -0.2) is 9.97 Å². The first-order chi connectivity index (χ1) is 15.5. The van der Waals surface area contributed by atoms with Crippen LogP contribution in [0, 0.1) is 27.7 Å². The number of aromatic nitrogens is 3. The maximum atomic E-state index is 6.32. The molecule has 0 spiro atoms. The average Bonchev–Trinajstić information content (AvgIpc) is 3.31. The lowest BCUT2D eigenvalue weighted by molar-refractivity contribution is 0.653. The molecule has 0 saturated heterocycles. The summed E-state index contributed by atoms with van der Waals surface area (Å²) in [7, 11) is 0. The van der Waals surface area contributed by atoms with Crippen LogP contribution >= 0.6 is 0 Å². The Kier molecular flexibility index (Phi) is 3.99. The third-order valence-corrected chi connectivity index (χ3v) is 6.16. The number of benzene rings is 3. The van der Waals surface area contributed by atoms with E-state index in [2.05, 4.69) is 84.9 Å². The summed E-state index contributed by atoms with van der Waals surface area (Å²) >= 11 is 0. The van der Waals surface area contributed by atoms with Gasteiger partial charge >= 0.3 is 0 Å². The molecule has 6 rings (SSSR count). The van der Waals surface area contributed by atoms with Gasteiger partial charge in [0.2, 0.25) is 5.71 Å². The fourth-order valence-electron chi connectivity index (χ4n) is 4.91. The molecule has 0 fully saturated rings. The van der Waals surface area contributed by atoms with Crippen molar-refractivity contribution in [3.63, 3.8) is 0 Å². The number of nitrogens with zero attached hydrogens (tertiary/aromatic N) is 3. The summed E-state index contributed by atoms with van der Waals surface area (Å²) in [5, 5.41) is 2.08. The first kappa shape index (κ1) is 18.8. The van der Waals surface area contributed by atoms with E-state index in [-0.39, 0.29) is 0 Å². The predicted octanol–water partition coefficient (Wildman–Crippen LogP) is 7.22. The average molecular weight is 418 g/mol. The van der Waals surface area contributed by atoms with Crippen molar-refractivity contribution in [2.45, 2.75) is 27.7 Å². The van der Waals surface area contributed by atoms with E-state index in [1.807, 2.05) is 19.1 Å². The summed E-state index contributed by atoms with van der Waals surface area (Å²) in [6.45, 7) is 8.46. The van der Waals surface area contributed by atoms with Crippen molar-refractivity contribution in [1.82, 2.24) is 14.5 Å². The van der Waals surface area contributed by atoms with Crippen LogP contribution in [-0.4, -0.2) is 14.5 Å². The van der Waals surface area contributed by atoms with Gasteiger partial charge in [-0.2, -0.15) is 0 Å². The second-order valence-electron chi connectivity index (χ2n) is 8.60. The highest BCUT2D eigenvalue weighted by Crippen LogP contribution is 2.38. The van der Waals surface area contributed by atoms with E-state index in [0.29, 0.717) is 5.71 Å². The Balaban J connectivity index is 1.75. The molecule has 0 amide bonds. The molecule has 0 aliphatic carbocycles. The molecule has 32 heavy (non-hydrogen) atoms. The molecule has 3 heterocycles. The highest BCUT2D eigenvalue weighted by Gasteiger charge is 2.21. The van der Waals surface area contributed by atoms with Gasteiger partial charge in [-0.05, 0) is 69.2 Å². The normalized spacial score (nSPS) is 11.8. The molecule has 4 nitrogen and oxygen atoms in total. The van der Waals surface area contributed by atoms with Crippen molar-refractivity contribution in [2.75, 3.05) is 0 Å². The molecule has 0 aliphatic heterocycles. The second-order valence-corrected chi connectivity index (χ2v) is 8.60. The lowest BCUT2D eigenvalue weighted by Crippen LogP contribution is -2.03. The fraction of sp³-hybridized carbons (Fsp3) is 0.143. The van der Waals surface area contributed by atoms with Gasteiger partial charge < -0.3 is 4.42 Å². The molecular weight excluding hydrogens is 394 g/mol. The minimum Gasteiger partial charge on any atom is -0.437 e. The van der Waals surface area contributed by atoms with E-state index >= 15 is 0 Å². The Morgan fingerprint density at radius 3 is 2.34 bits per heavy atom. The molecule has 0 unspecified atom stereocenters. The van der Waals surface area contributed by atoms with Gasteiger partial charge in [0, 0.05) is 16.5 Å². The minimum absolute atomic E-state index is 0.665. The lowest BCUT2D eigenvalue weighted by Gasteiger charge is -2.16. The van der Waals surface area contributed by atoms with Crippen LogP contribution in [-0.2, 0) is 0 Å². The molecule has 3 aromatic heterocycles. The number of pyridine rings is 1. The SMILES string of the molecule is Cc1cc(C)c(-n2c(-c3cccc4c3oc3nc(C)ccc34)nc3ccccc32)c(C)c1. The van der Waals surface area contributed by atoms with Crippen LogP contribution in [0.4, 0.5) is 0 Å². The maximum Gasteiger partial charge on any atom is 0.227 e. The molecule has 0 radical (unpaired) electrons. The summed E-state index contributed by atoms with van der Waals surface area (Å²) < 4.78 is 8.60. The Hall–Kier alpha value is -3.92. The third-order valence-electron chi connectivity index (χ3n) is 6.16. The molecule has 0 N–H and O–H groups in total. The standard InChI is InChI=1S/C28H23N3O/c1-16-14-17(2)25(18(3)15-16)31-24-11-6-5-10-23(24)30-27(31)22-9-7-8-20-21-13-12-19(4)29-28(21)32-26(20)22/h5-15H,1-4H3. The smallest absolute Gasteiger partial charge is 0.227 e. The minimum atomic E-state index is 0.665. The molecule has 156 valence electrons. The van der Waals surface area contributed by atoms with E-state index < -0.39 is 0 Å². The van der Waals surface area contributed by atoms with Gasteiger partial charge in [0.05, 0.1) is 22.3 Å². The molecule has 0 saturated carbocycles. The van der Waals surface area contributed by atoms with Gasteiger partial charge in [0.25, 0.3) is 0 Å². The maximum absolute atomic E-state index is 6.32. The van der Waals surface area contributed by atoms with Gasteiger partial charge in [0.1, 0.15) is 11.4 Å². The monoisotopic (exact) mass is 417 g/mol. The van der Waals surface area contributed by atoms with Gasteiger partial charge in [-0.3, -0.25) is 4.57 Å². The lowest BCUT2D eigenvalue weighted by atomic mass is 10.0. The van der Waals surface area contributed by atoms with E-state index in [1.54, 1.807) is 0 Å². The van der Waals surface area contributed by atoms with Crippen molar-refractivity contribution in [3.05, 3.63) is 89.1 Å². The first-order valence-corrected chi connectivity index (χ1v) is 10.9. The number of hydrogen-bond donors (Lipinski definition) is 0. The molecule has 6 aromatic rings. The van der Waals surface area contributed by atoms with E-state index in [1.165, 1.54) is 22.4 Å². The quantitative estimate of drug-likeness (QED) is 0.299. The van der Waals surface area contributed by atoms with Crippen LogP contribution in [0.25, 0.3) is 50.2 Å². The first-order valence-electron chi connectivity index (χ1n) is 10.9. The zero-order valence-corrected chi connectivity index (χ0v) is 18.6. The highest BCUT2D eigenvalue weighted by atomic mass is 16.3. The van der Waals surface area contributed by atoms with Crippen molar-refractivity contribution >= 4 is 33.1 Å². The Morgan fingerprint density at radius 2 is 1.53 bits per heavy atom. The van der Waals surface area contributed by atoms with Crippen LogP contribution in [0.15, 0.2) is 71.1 Å². The molecule has 3 aromatic carbocycles. The summed E-state index contributed by atoms with van der Waals surface area (Å²) in [5.41, 5.74) is 10.3. The predicted molar refractivity (Wildman–Crippen MR) is 131 cm³/mol. The van der Waals surface area contributed by atoms with Crippen LogP contribution < -0.4 is 0 Å². The number of aryl methyl sites for hydroxylation is 4. The van der Waals surface area contributed by atoms with Crippen LogP contribution in [0.5, 0.6) is 0 Å². The fourth-order valence-corrected chi connectivity index (χ4v) is 4.91. The van der Waals surface area contributed by atoms with Crippen molar-refractivity contribution in [1.29, 1.82) is 0 Å². The van der Waals surface area contributed by atoms with Crippen LogP contribution in [0.1, 0.15) is 22.4 Å². The molecular formula is C28H23N3O. The highest BCUT2D eigenvalue weighted by molar-refractivity contribution is 6.08. The number of fused-ring (bicyclic) bond motifs is 4. The molecule has 0 atom stereocenters. The summed E-state index contributed by atoms with van der Waals surface area (Å²) in [4.78, 5) is 9.70. The summed E-state index contributed by atoms with van der Waals surface area (Å²) in [6, 6.07) is 23.1. The number of rotatable bonds is 2. The van der Waals surface area contributed by atoms with Crippen LogP contribution in [0.3, 0.4) is 0 Å². The van der Waals surface area contributed by atoms with Gasteiger partial charge in [0.15, 0.2) is 0 Å². The number of furan rings is 1. The zero-order valence-electron chi connectivity index (χ0n) is 18.6. The second kappa shape index (κ2) is 6.79. The Labute approximate surface area is 186 Å². The van der Waals surface area contributed by atoms with E-state index in [9.17, 15) is 0 Å². The van der Waals surface area contributed by atoms with E-state index in [4.69, 9.17) is 9.40 Å². The summed E-state index contributed by atoms with van der Waals surface area (Å²) in [5.74, 6) is 0.877. The Morgan fingerprint density at radius 1 is 0.750 bits per heavy atom. The van der Waals surface area contributed by atoms with Gasteiger partial charge in [-0.1, -0.05) is 42.0 Å². The number of hydrogen-bond acceptors (Lipinski definition) is 3. The largest absolute Gasteiger partial charge is 0.437 e. The van der Waals surface area contributed by atoms with Crippen molar-refractivity contribution in [2.24, 2.45) is 0 Å². The summed E-state index contributed by atoms with van der Waals surface area (Å²) in [6.07, 6.45) is 0. The number of imidazole rings is 1. The third kappa shape index (κ3) is 2.69. The van der Waals surface area contributed by atoms with Crippen molar-refractivity contribution < 1.29 is 4.42 Å². The molecule has 4 heteroatoms. The van der Waals surface area contributed by atoms with Gasteiger partial charge in [-0.15, -0.1) is 0 Å². The van der Waals surface area contributed by atoms with E-state index in [0.717, 1.165) is 44.5 Å². The van der Waals surface area contributed by atoms with Crippen LogP contribution in [0.2, 0.25) is 0 Å². The Bertz CT molecular complexity index is 1650. The number of para-hydroxylation sites is 3.